The van der Waals surface area contributed by atoms with Crippen LogP contribution in [-0.2, 0) is 6.42 Å². The zero-order chi connectivity index (χ0) is 11.4. The molecule has 5 heteroatoms. The van der Waals surface area contributed by atoms with Crippen molar-refractivity contribution in [3.8, 4) is 5.69 Å². The standard InChI is InChI=1S/C11H13IN4/c12-9-3-1-5-11(7-9)16-8-10(14-15-16)4-2-6-13/h1,3,5,7-8H,2,4,6,13H2. The summed E-state index contributed by atoms with van der Waals surface area (Å²) < 4.78 is 2.99. The predicted octanol–water partition coefficient (Wildman–Crippen LogP) is 1.76. The first-order valence-corrected chi connectivity index (χ1v) is 6.24. The van der Waals surface area contributed by atoms with Crippen LogP contribution >= 0.6 is 22.6 Å². The fourth-order valence-electron chi connectivity index (χ4n) is 1.44. The summed E-state index contributed by atoms with van der Waals surface area (Å²) in [7, 11) is 0. The van der Waals surface area contributed by atoms with Crippen LogP contribution in [0.5, 0.6) is 0 Å². The van der Waals surface area contributed by atoms with E-state index in [0.29, 0.717) is 6.54 Å². The van der Waals surface area contributed by atoms with Crippen molar-refractivity contribution in [1.29, 1.82) is 0 Å². The number of hydrogen-bond acceptors (Lipinski definition) is 3. The van der Waals surface area contributed by atoms with Crippen LogP contribution < -0.4 is 5.73 Å². The molecule has 4 nitrogen and oxygen atoms in total. The lowest BCUT2D eigenvalue weighted by molar-refractivity contribution is 0.778. The van der Waals surface area contributed by atoms with Gasteiger partial charge in [-0.05, 0) is 60.2 Å². The number of nitrogens with two attached hydrogens (primary N) is 1. The van der Waals surface area contributed by atoms with Gasteiger partial charge in [-0.2, -0.15) is 0 Å². The molecule has 0 saturated heterocycles. The Kier molecular flexibility index (Phi) is 3.89. The molecule has 0 aliphatic rings. The lowest BCUT2D eigenvalue weighted by atomic mass is 10.2. The zero-order valence-electron chi connectivity index (χ0n) is 8.81. The molecule has 0 unspecified atom stereocenters. The molecular formula is C11H13IN4. The van der Waals surface area contributed by atoms with Gasteiger partial charge in [0.1, 0.15) is 0 Å². The van der Waals surface area contributed by atoms with E-state index >= 15 is 0 Å². The second-order valence-electron chi connectivity index (χ2n) is 3.53. The minimum absolute atomic E-state index is 0.691. The second-order valence-corrected chi connectivity index (χ2v) is 4.77. The zero-order valence-corrected chi connectivity index (χ0v) is 11.0. The third-order valence-corrected chi connectivity index (χ3v) is 2.92. The van der Waals surface area contributed by atoms with Gasteiger partial charge in [-0.3, -0.25) is 0 Å². The lowest BCUT2D eigenvalue weighted by Gasteiger charge is -1.99. The van der Waals surface area contributed by atoms with Gasteiger partial charge in [0.15, 0.2) is 0 Å². The highest BCUT2D eigenvalue weighted by Gasteiger charge is 2.02. The van der Waals surface area contributed by atoms with Crippen LogP contribution in [-0.4, -0.2) is 21.5 Å². The van der Waals surface area contributed by atoms with Crippen LogP contribution in [0.2, 0.25) is 0 Å². The Morgan fingerprint density at radius 2 is 2.25 bits per heavy atom. The van der Waals surface area contributed by atoms with Crippen molar-refractivity contribution >= 4 is 22.6 Å². The Bertz CT molecular complexity index is 467. The van der Waals surface area contributed by atoms with Crippen molar-refractivity contribution < 1.29 is 0 Å². The van der Waals surface area contributed by atoms with Crippen molar-refractivity contribution in [3.63, 3.8) is 0 Å². The van der Waals surface area contributed by atoms with E-state index in [9.17, 15) is 0 Å². The number of benzene rings is 1. The highest BCUT2D eigenvalue weighted by atomic mass is 127. The summed E-state index contributed by atoms with van der Waals surface area (Å²) >= 11 is 2.28. The molecule has 1 aromatic heterocycles. The average molecular weight is 328 g/mol. The number of aromatic nitrogens is 3. The summed E-state index contributed by atoms with van der Waals surface area (Å²) in [5.41, 5.74) is 7.49. The number of rotatable bonds is 4. The van der Waals surface area contributed by atoms with E-state index in [0.717, 1.165) is 24.2 Å². The van der Waals surface area contributed by atoms with Gasteiger partial charge in [0, 0.05) is 3.57 Å². The van der Waals surface area contributed by atoms with Crippen LogP contribution in [0.3, 0.4) is 0 Å². The van der Waals surface area contributed by atoms with Crippen LogP contribution in [0.4, 0.5) is 0 Å². The average Bonchev–Trinajstić information content (AvgIpc) is 2.75. The van der Waals surface area contributed by atoms with Crippen molar-refractivity contribution in [2.24, 2.45) is 5.73 Å². The van der Waals surface area contributed by atoms with Gasteiger partial charge < -0.3 is 5.73 Å². The molecule has 1 heterocycles. The van der Waals surface area contributed by atoms with Gasteiger partial charge in [0.05, 0.1) is 17.6 Å². The van der Waals surface area contributed by atoms with E-state index in [1.54, 1.807) is 4.68 Å². The van der Waals surface area contributed by atoms with E-state index < -0.39 is 0 Å². The highest BCUT2D eigenvalue weighted by molar-refractivity contribution is 14.1. The molecule has 16 heavy (non-hydrogen) atoms. The first-order valence-electron chi connectivity index (χ1n) is 5.17. The van der Waals surface area contributed by atoms with Gasteiger partial charge in [-0.1, -0.05) is 11.3 Å². The summed E-state index contributed by atoms with van der Waals surface area (Å²) in [5, 5.41) is 8.22. The molecule has 0 aliphatic carbocycles. The monoisotopic (exact) mass is 328 g/mol. The van der Waals surface area contributed by atoms with E-state index in [2.05, 4.69) is 45.0 Å². The second kappa shape index (κ2) is 5.40. The largest absolute Gasteiger partial charge is 0.330 e. The van der Waals surface area contributed by atoms with Gasteiger partial charge in [0.25, 0.3) is 0 Å². The first-order chi connectivity index (χ1) is 7.79. The fraction of sp³-hybridized carbons (Fsp3) is 0.273. The smallest absolute Gasteiger partial charge is 0.0832 e. The predicted molar refractivity (Wildman–Crippen MR) is 71.5 cm³/mol. The number of hydrogen-bond donors (Lipinski definition) is 1. The molecule has 0 fully saturated rings. The molecule has 0 bridgehead atoms. The Labute approximate surface area is 108 Å². The molecule has 2 N–H and O–H groups in total. The maximum Gasteiger partial charge on any atom is 0.0832 e. The molecule has 0 radical (unpaired) electrons. The van der Waals surface area contributed by atoms with Gasteiger partial charge >= 0.3 is 0 Å². The Morgan fingerprint density at radius 1 is 1.38 bits per heavy atom. The molecule has 84 valence electrons. The topological polar surface area (TPSA) is 56.7 Å². The Balaban J connectivity index is 2.18. The molecule has 2 aromatic rings. The summed E-state index contributed by atoms with van der Waals surface area (Å²) in [5.74, 6) is 0. The molecule has 0 amide bonds. The third kappa shape index (κ3) is 2.79. The minimum Gasteiger partial charge on any atom is -0.330 e. The number of aryl methyl sites for hydroxylation is 1. The lowest BCUT2D eigenvalue weighted by Crippen LogP contribution is -2.00. The van der Waals surface area contributed by atoms with Crippen LogP contribution in [0.25, 0.3) is 5.69 Å². The number of nitrogens with zero attached hydrogens (tertiary/aromatic N) is 3. The normalized spacial score (nSPS) is 10.6. The van der Waals surface area contributed by atoms with Crippen molar-refractivity contribution in [3.05, 3.63) is 39.7 Å². The molecule has 0 saturated carbocycles. The molecule has 1 aromatic carbocycles. The van der Waals surface area contributed by atoms with E-state index in [4.69, 9.17) is 5.73 Å². The quantitative estimate of drug-likeness (QED) is 0.870. The Morgan fingerprint density at radius 3 is 3.00 bits per heavy atom. The van der Waals surface area contributed by atoms with Gasteiger partial charge in [-0.25, -0.2) is 4.68 Å². The summed E-state index contributed by atoms with van der Waals surface area (Å²) in [6, 6.07) is 8.15. The molecule has 0 aliphatic heterocycles. The third-order valence-electron chi connectivity index (χ3n) is 2.25. The van der Waals surface area contributed by atoms with Crippen molar-refractivity contribution in [2.75, 3.05) is 6.54 Å². The Hall–Kier alpha value is -0.950. The van der Waals surface area contributed by atoms with Crippen molar-refractivity contribution in [1.82, 2.24) is 15.0 Å². The molecule has 0 spiro atoms. The van der Waals surface area contributed by atoms with E-state index in [1.807, 2.05) is 18.3 Å². The maximum atomic E-state index is 5.46. The van der Waals surface area contributed by atoms with Gasteiger partial charge in [0.2, 0.25) is 0 Å². The van der Waals surface area contributed by atoms with Crippen molar-refractivity contribution in [2.45, 2.75) is 12.8 Å². The van der Waals surface area contributed by atoms with Gasteiger partial charge in [-0.15, -0.1) is 5.10 Å². The summed E-state index contributed by atoms with van der Waals surface area (Å²) in [6.07, 6.45) is 3.80. The van der Waals surface area contributed by atoms with E-state index in [1.165, 1.54) is 3.57 Å². The highest BCUT2D eigenvalue weighted by Crippen LogP contribution is 2.11. The van der Waals surface area contributed by atoms with Crippen LogP contribution in [0.1, 0.15) is 12.1 Å². The van der Waals surface area contributed by atoms with Crippen LogP contribution in [0, 0.1) is 3.57 Å². The molecule has 2 rings (SSSR count). The summed E-state index contributed by atoms with van der Waals surface area (Å²) in [6.45, 7) is 0.691. The fourth-order valence-corrected chi connectivity index (χ4v) is 1.97. The van der Waals surface area contributed by atoms with Crippen LogP contribution in [0.15, 0.2) is 30.5 Å². The van der Waals surface area contributed by atoms with E-state index in [-0.39, 0.29) is 0 Å². The molecule has 0 atom stereocenters. The molecular weight excluding hydrogens is 315 g/mol. The first kappa shape index (κ1) is 11.5. The maximum absolute atomic E-state index is 5.46. The number of halogens is 1. The SMILES string of the molecule is NCCCc1cn(-c2cccc(I)c2)nn1. The summed E-state index contributed by atoms with van der Waals surface area (Å²) in [4.78, 5) is 0. The minimum atomic E-state index is 0.691.